The highest BCUT2D eigenvalue weighted by molar-refractivity contribution is 6.29. The first-order chi connectivity index (χ1) is 10.2. The van der Waals surface area contributed by atoms with E-state index < -0.39 is 0 Å². The first-order valence-electron chi connectivity index (χ1n) is 6.63. The van der Waals surface area contributed by atoms with Crippen molar-refractivity contribution < 1.29 is 4.74 Å². The molecule has 3 heterocycles. The molecule has 0 aromatic carbocycles. The standard InChI is InChI=1S/C15H15ClN4O/c1-10(21-2)8-20-9-12(7-18-20)11-5-14-13(17-6-11)3-4-15(16)19-14/h3-7,9-10H,8H2,1-2H3. The van der Waals surface area contributed by atoms with Crippen molar-refractivity contribution in [2.45, 2.75) is 19.6 Å². The van der Waals surface area contributed by atoms with E-state index >= 15 is 0 Å². The Kier molecular flexibility index (Phi) is 3.86. The Morgan fingerprint density at radius 2 is 2.10 bits per heavy atom. The third-order valence-corrected chi connectivity index (χ3v) is 3.53. The quantitative estimate of drug-likeness (QED) is 0.695. The van der Waals surface area contributed by atoms with Gasteiger partial charge in [0, 0.05) is 30.6 Å². The molecular formula is C15H15ClN4O. The molecule has 0 N–H and O–H groups in total. The van der Waals surface area contributed by atoms with Crippen molar-refractivity contribution >= 4 is 22.6 Å². The Morgan fingerprint density at radius 1 is 1.24 bits per heavy atom. The fourth-order valence-electron chi connectivity index (χ4n) is 2.09. The number of hydrogen-bond acceptors (Lipinski definition) is 4. The maximum atomic E-state index is 5.93. The van der Waals surface area contributed by atoms with Crippen LogP contribution in [0.15, 0.2) is 36.8 Å². The van der Waals surface area contributed by atoms with E-state index in [1.807, 2.05) is 42.3 Å². The minimum atomic E-state index is 0.118. The summed E-state index contributed by atoms with van der Waals surface area (Å²) in [5.41, 5.74) is 3.56. The summed E-state index contributed by atoms with van der Waals surface area (Å²) < 4.78 is 7.10. The van der Waals surface area contributed by atoms with Gasteiger partial charge in [-0.15, -0.1) is 0 Å². The molecule has 1 unspecified atom stereocenters. The molecule has 108 valence electrons. The minimum absolute atomic E-state index is 0.118. The number of ether oxygens (including phenoxy) is 1. The van der Waals surface area contributed by atoms with Crippen molar-refractivity contribution in [1.82, 2.24) is 19.7 Å². The molecule has 1 atom stereocenters. The molecule has 3 rings (SSSR count). The van der Waals surface area contributed by atoms with Gasteiger partial charge in [-0.3, -0.25) is 9.67 Å². The third-order valence-electron chi connectivity index (χ3n) is 3.32. The van der Waals surface area contributed by atoms with E-state index in [0.717, 1.165) is 22.2 Å². The summed E-state index contributed by atoms with van der Waals surface area (Å²) in [5.74, 6) is 0. The third kappa shape index (κ3) is 3.04. The van der Waals surface area contributed by atoms with Crippen LogP contribution in [0, 0.1) is 0 Å². The van der Waals surface area contributed by atoms with Crippen molar-refractivity contribution in [2.24, 2.45) is 0 Å². The summed E-state index contributed by atoms with van der Waals surface area (Å²) >= 11 is 5.93. The van der Waals surface area contributed by atoms with Crippen LogP contribution in [-0.2, 0) is 11.3 Å². The molecule has 0 radical (unpaired) electrons. The number of rotatable bonds is 4. The smallest absolute Gasteiger partial charge is 0.129 e. The van der Waals surface area contributed by atoms with Gasteiger partial charge in [-0.25, -0.2) is 4.98 Å². The largest absolute Gasteiger partial charge is 0.380 e. The summed E-state index contributed by atoms with van der Waals surface area (Å²) in [7, 11) is 1.69. The highest BCUT2D eigenvalue weighted by atomic mass is 35.5. The Hall–Kier alpha value is -1.98. The highest BCUT2D eigenvalue weighted by Crippen LogP contribution is 2.22. The predicted octanol–water partition coefficient (Wildman–Crippen LogP) is 3.18. The Balaban J connectivity index is 1.93. The van der Waals surface area contributed by atoms with Crippen LogP contribution in [0.25, 0.3) is 22.2 Å². The molecular weight excluding hydrogens is 288 g/mol. The monoisotopic (exact) mass is 302 g/mol. The topological polar surface area (TPSA) is 52.8 Å². The molecule has 0 aliphatic heterocycles. The van der Waals surface area contributed by atoms with Gasteiger partial charge in [0.15, 0.2) is 0 Å². The maximum Gasteiger partial charge on any atom is 0.129 e. The van der Waals surface area contributed by atoms with Gasteiger partial charge in [0.1, 0.15) is 5.15 Å². The molecule has 0 bridgehead atoms. The molecule has 0 fully saturated rings. The fraction of sp³-hybridized carbons (Fsp3) is 0.267. The predicted molar refractivity (Wildman–Crippen MR) is 82.2 cm³/mol. The average molecular weight is 303 g/mol. The van der Waals surface area contributed by atoms with Crippen molar-refractivity contribution in [1.29, 1.82) is 0 Å². The molecule has 21 heavy (non-hydrogen) atoms. The zero-order valence-electron chi connectivity index (χ0n) is 11.8. The van der Waals surface area contributed by atoms with E-state index in [0.29, 0.717) is 11.7 Å². The molecule has 6 heteroatoms. The fourth-order valence-corrected chi connectivity index (χ4v) is 2.24. The zero-order chi connectivity index (χ0) is 14.8. The van der Waals surface area contributed by atoms with Crippen LogP contribution in [0.2, 0.25) is 5.15 Å². The van der Waals surface area contributed by atoms with E-state index in [9.17, 15) is 0 Å². The van der Waals surface area contributed by atoms with Gasteiger partial charge in [0.05, 0.1) is 29.9 Å². The molecule has 0 saturated heterocycles. The van der Waals surface area contributed by atoms with Crippen LogP contribution < -0.4 is 0 Å². The molecule has 3 aromatic heterocycles. The number of hydrogen-bond donors (Lipinski definition) is 0. The second-order valence-corrected chi connectivity index (χ2v) is 5.28. The summed E-state index contributed by atoms with van der Waals surface area (Å²) in [4.78, 5) is 8.69. The van der Waals surface area contributed by atoms with E-state index in [4.69, 9.17) is 16.3 Å². The van der Waals surface area contributed by atoms with Gasteiger partial charge in [-0.2, -0.15) is 5.10 Å². The summed E-state index contributed by atoms with van der Waals surface area (Å²) in [6.45, 7) is 2.71. The number of aromatic nitrogens is 4. The first-order valence-corrected chi connectivity index (χ1v) is 7.01. The Labute approximate surface area is 127 Å². The summed E-state index contributed by atoms with van der Waals surface area (Å²) in [6, 6.07) is 5.56. The van der Waals surface area contributed by atoms with Gasteiger partial charge in [-0.1, -0.05) is 11.6 Å². The summed E-state index contributed by atoms with van der Waals surface area (Å²) in [6.07, 6.45) is 5.73. The lowest BCUT2D eigenvalue weighted by Gasteiger charge is -2.08. The lowest BCUT2D eigenvalue weighted by molar-refractivity contribution is 0.0998. The van der Waals surface area contributed by atoms with Crippen LogP contribution in [0.1, 0.15) is 6.92 Å². The second kappa shape index (κ2) is 5.79. The van der Waals surface area contributed by atoms with Crippen LogP contribution in [-0.4, -0.2) is 33.0 Å². The minimum Gasteiger partial charge on any atom is -0.380 e. The lowest BCUT2D eigenvalue weighted by atomic mass is 10.1. The van der Waals surface area contributed by atoms with E-state index in [1.165, 1.54) is 0 Å². The average Bonchev–Trinajstić information content (AvgIpc) is 2.94. The van der Waals surface area contributed by atoms with Crippen LogP contribution >= 0.6 is 11.6 Å². The van der Waals surface area contributed by atoms with E-state index in [1.54, 1.807) is 13.2 Å². The van der Waals surface area contributed by atoms with Crippen LogP contribution in [0.5, 0.6) is 0 Å². The highest BCUT2D eigenvalue weighted by Gasteiger charge is 2.07. The van der Waals surface area contributed by atoms with Gasteiger partial charge < -0.3 is 4.74 Å². The van der Waals surface area contributed by atoms with Crippen LogP contribution in [0.4, 0.5) is 0 Å². The van der Waals surface area contributed by atoms with Gasteiger partial charge in [0.2, 0.25) is 0 Å². The van der Waals surface area contributed by atoms with E-state index in [2.05, 4.69) is 15.1 Å². The summed E-state index contributed by atoms with van der Waals surface area (Å²) in [5, 5.41) is 4.80. The lowest BCUT2D eigenvalue weighted by Crippen LogP contribution is -2.14. The van der Waals surface area contributed by atoms with Gasteiger partial charge >= 0.3 is 0 Å². The Morgan fingerprint density at radius 3 is 2.90 bits per heavy atom. The Bertz CT molecular complexity index is 771. The van der Waals surface area contributed by atoms with Crippen molar-refractivity contribution in [3.8, 4) is 11.1 Å². The number of nitrogens with zero attached hydrogens (tertiary/aromatic N) is 4. The van der Waals surface area contributed by atoms with Crippen LogP contribution in [0.3, 0.4) is 0 Å². The maximum absolute atomic E-state index is 5.93. The van der Waals surface area contributed by atoms with Crippen molar-refractivity contribution in [2.75, 3.05) is 7.11 Å². The molecule has 5 nitrogen and oxygen atoms in total. The van der Waals surface area contributed by atoms with Crippen molar-refractivity contribution in [3.05, 3.63) is 41.9 Å². The molecule has 3 aromatic rings. The number of methoxy groups -OCH3 is 1. The number of fused-ring (bicyclic) bond motifs is 1. The van der Waals surface area contributed by atoms with Gasteiger partial charge in [-0.05, 0) is 25.1 Å². The molecule has 0 aliphatic rings. The molecule has 0 saturated carbocycles. The number of halogens is 1. The molecule has 0 spiro atoms. The normalized spacial score (nSPS) is 12.7. The van der Waals surface area contributed by atoms with Gasteiger partial charge in [0.25, 0.3) is 0 Å². The van der Waals surface area contributed by atoms with Crippen molar-refractivity contribution in [3.63, 3.8) is 0 Å². The molecule has 0 aliphatic carbocycles. The zero-order valence-corrected chi connectivity index (χ0v) is 12.6. The second-order valence-electron chi connectivity index (χ2n) is 4.89. The van der Waals surface area contributed by atoms with E-state index in [-0.39, 0.29) is 6.10 Å². The molecule has 0 amide bonds. The number of pyridine rings is 2. The SMILES string of the molecule is COC(C)Cn1cc(-c2cnc3ccc(Cl)nc3c2)cn1. The first kappa shape index (κ1) is 14.0.